The maximum absolute atomic E-state index is 11.2. The second-order valence-electron chi connectivity index (χ2n) is 26.9. The quantitative estimate of drug-likeness (QED) is 0.0369. The molecule has 8 heteroatoms. The van der Waals surface area contributed by atoms with E-state index >= 15 is 0 Å². The van der Waals surface area contributed by atoms with Crippen molar-refractivity contribution in [2.75, 3.05) is 6.61 Å². The van der Waals surface area contributed by atoms with Gasteiger partial charge in [0.15, 0.2) is 0 Å². The number of ether oxygens (including phenoxy) is 2. The van der Waals surface area contributed by atoms with E-state index in [1.165, 1.54) is 75.8 Å². The molecule has 6 N–H and O–H groups in total. The predicted molar refractivity (Wildman–Crippen MR) is 356 cm³/mol. The third-order valence-electron chi connectivity index (χ3n) is 19.4. The van der Waals surface area contributed by atoms with Crippen LogP contribution in [-0.2, 0) is 42.7 Å². The summed E-state index contributed by atoms with van der Waals surface area (Å²) in [6.07, 6.45) is 4.31. The summed E-state index contributed by atoms with van der Waals surface area (Å²) in [7, 11) is 0. The molecule has 0 aromatic heterocycles. The first-order valence-corrected chi connectivity index (χ1v) is 31.0. The molecule has 1 aliphatic carbocycles. The summed E-state index contributed by atoms with van der Waals surface area (Å²) >= 11 is 0. The third kappa shape index (κ3) is 9.59. The van der Waals surface area contributed by atoms with E-state index in [0.717, 1.165) is 63.8 Å². The van der Waals surface area contributed by atoms with Crippen LogP contribution in [0.25, 0.3) is 98.0 Å². The van der Waals surface area contributed by atoms with Crippen molar-refractivity contribution in [3.05, 3.63) is 202 Å². The van der Waals surface area contributed by atoms with Gasteiger partial charge in [-0.1, -0.05) is 189 Å². The maximum Gasteiger partial charge on any atom is 0.126 e. The molecular weight excluding hydrogens is 1080 g/mol. The fourth-order valence-electron chi connectivity index (χ4n) is 14.9. The van der Waals surface area contributed by atoms with Crippen LogP contribution in [0, 0.1) is 0 Å². The highest BCUT2D eigenvalue weighted by Gasteiger charge is 2.57. The molecule has 1 aliphatic rings. The summed E-state index contributed by atoms with van der Waals surface area (Å²) in [5, 5.41) is 78.0. The van der Waals surface area contributed by atoms with Crippen LogP contribution in [-0.4, -0.2) is 42.8 Å². The zero-order valence-corrected chi connectivity index (χ0v) is 51.3. The summed E-state index contributed by atoms with van der Waals surface area (Å²) in [4.78, 5) is 0. The minimum Gasteiger partial charge on any atom is -0.507 e. The number of benzene rings is 12. The fraction of sp³-hybridized carbons (Fsp3) is 0.291. The van der Waals surface area contributed by atoms with E-state index in [2.05, 4.69) is 189 Å². The molecule has 0 fully saturated rings. The first-order valence-electron chi connectivity index (χ1n) is 31.0. The number of hydrogen-bond acceptors (Lipinski definition) is 8. The van der Waals surface area contributed by atoms with E-state index in [4.69, 9.17) is 9.47 Å². The Bertz CT molecular complexity index is 4330. The van der Waals surface area contributed by atoms with Crippen LogP contribution >= 0.6 is 0 Å². The average Bonchev–Trinajstić information content (AvgIpc) is 1.63. The summed E-state index contributed by atoms with van der Waals surface area (Å²) in [6, 6.07) is 57.7. The van der Waals surface area contributed by atoms with Crippen LogP contribution in [0.15, 0.2) is 158 Å². The molecule has 0 aliphatic heterocycles. The standard InChI is InChI=1S/C79H78O8/c1-9-29-78(8,87-61-38-56(44-82)75(85)57(39-61)45-83)79(30-11-10-12-31-86-60-36-54(42-80)74(84)55(37-60)43-81)68-40-48(62-23-17-46-13-15-50-32-58(76(2,3)4)34-52-21-27-66(62)72(46)70(50)52)19-25-64(68)65-26-20-49(41-69(65)79)63-24-18-47-14-16-51-33-59(77(5,6)7)35-53-22-28-67(63)73(47)71(51)53/h13-28,32-41,80-85H,9-12,29-31,42-45H2,1-8H3. The highest BCUT2D eigenvalue weighted by Crippen LogP contribution is 2.61. The minimum atomic E-state index is -0.986. The van der Waals surface area contributed by atoms with Crippen LogP contribution < -0.4 is 9.47 Å². The highest BCUT2D eigenvalue weighted by atomic mass is 16.5. The summed E-state index contributed by atoms with van der Waals surface area (Å²) in [5.74, 6) is 0.647. The SMILES string of the molecule is CCCC(C)(Oc1cc(CO)c(O)c(CO)c1)C1(CCCCCOc2cc(CO)c(O)c(CO)c2)c2cc(-c3ccc4ccc5cc(C(C)(C)C)cc6ccc3c4c56)ccc2-c2ccc(-c3ccc4ccc5cc(C(C)(C)C)cc6ccc3c4c56)cc21. The van der Waals surface area contributed by atoms with E-state index in [1.807, 2.05) is 0 Å². The van der Waals surface area contributed by atoms with Crippen LogP contribution in [0.2, 0.25) is 0 Å². The lowest BCUT2D eigenvalue weighted by atomic mass is 9.61. The maximum atomic E-state index is 11.2. The van der Waals surface area contributed by atoms with Crippen molar-refractivity contribution in [3.63, 3.8) is 0 Å². The van der Waals surface area contributed by atoms with E-state index < -0.39 is 24.2 Å². The Labute approximate surface area is 509 Å². The molecule has 8 nitrogen and oxygen atoms in total. The van der Waals surface area contributed by atoms with Gasteiger partial charge in [0.05, 0.1) is 38.4 Å². The van der Waals surface area contributed by atoms with E-state index in [-0.39, 0.29) is 46.7 Å². The van der Waals surface area contributed by atoms with Gasteiger partial charge >= 0.3 is 0 Å². The molecule has 0 spiro atoms. The van der Waals surface area contributed by atoms with Gasteiger partial charge in [-0.15, -0.1) is 0 Å². The second-order valence-corrected chi connectivity index (χ2v) is 26.9. The molecule has 0 bridgehead atoms. The fourth-order valence-corrected chi connectivity index (χ4v) is 14.9. The number of unbranched alkanes of at least 4 members (excludes halogenated alkanes) is 2. The van der Waals surface area contributed by atoms with Crippen molar-refractivity contribution in [3.8, 4) is 56.4 Å². The lowest BCUT2D eigenvalue weighted by Crippen LogP contribution is -2.53. The highest BCUT2D eigenvalue weighted by molar-refractivity contribution is 6.27. The Balaban J connectivity index is 1.01. The van der Waals surface area contributed by atoms with Crippen LogP contribution in [0.3, 0.4) is 0 Å². The van der Waals surface area contributed by atoms with E-state index in [1.54, 1.807) is 24.3 Å². The molecule has 12 aromatic carbocycles. The number of phenols is 2. The van der Waals surface area contributed by atoms with E-state index in [0.29, 0.717) is 48.5 Å². The molecule has 442 valence electrons. The molecule has 87 heavy (non-hydrogen) atoms. The van der Waals surface area contributed by atoms with Gasteiger partial charge in [0.1, 0.15) is 28.6 Å². The molecule has 0 heterocycles. The van der Waals surface area contributed by atoms with Crippen molar-refractivity contribution in [1.82, 2.24) is 0 Å². The molecule has 0 amide bonds. The molecule has 12 aromatic rings. The van der Waals surface area contributed by atoms with Gasteiger partial charge in [-0.05, 0) is 194 Å². The van der Waals surface area contributed by atoms with Crippen molar-refractivity contribution in [1.29, 1.82) is 0 Å². The van der Waals surface area contributed by atoms with Gasteiger partial charge in [-0.2, -0.15) is 0 Å². The smallest absolute Gasteiger partial charge is 0.126 e. The van der Waals surface area contributed by atoms with Crippen LogP contribution in [0.4, 0.5) is 0 Å². The number of aliphatic hydroxyl groups excluding tert-OH is 4. The third-order valence-corrected chi connectivity index (χ3v) is 19.4. The van der Waals surface area contributed by atoms with Gasteiger partial charge in [0.2, 0.25) is 0 Å². The summed E-state index contributed by atoms with van der Waals surface area (Å²) in [5.41, 5.74) is 11.0. The molecule has 13 rings (SSSR count). The molecular formula is C79H78O8. The Morgan fingerprint density at radius 2 is 0.793 bits per heavy atom. The normalized spacial score (nSPS) is 14.1. The monoisotopic (exact) mass is 1150 g/mol. The van der Waals surface area contributed by atoms with Crippen molar-refractivity contribution in [2.45, 2.75) is 142 Å². The summed E-state index contributed by atoms with van der Waals surface area (Å²) in [6.45, 7) is 16.8. The first kappa shape index (κ1) is 57.8. The van der Waals surface area contributed by atoms with Gasteiger partial charge in [0.25, 0.3) is 0 Å². The number of hydrogen-bond donors (Lipinski definition) is 6. The zero-order valence-electron chi connectivity index (χ0n) is 51.3. The summed E-state index contributed by atoms with van der Waals surface area (Å²) < 4.78 is 14.0. The van der Waals surface area contributed by atoms with E-state index in [9.17, 15) is 30.6 Å². The molecule has 0 radical (unpaired) electrons. The number of aromatic hydroxyl groups is 2. The molecule has 1 unspecified atom stereocenters. The second kappa shape index (κ2) is 21.9. The van der Waals surface area contributed by atoms with Gasteiger partial charge < -0.3 is 40.1 Å². The van der Waals surface area contributed by atoms with Crippen LogP contribution in [0.1, 0.15) is 138 Å². The topological polar surface area (TPSA) is 140 Å². The molecule has 1 atom stereocenters. The largest absolute Gasteiger partial charge is 0.507 e. The molecule has 0 saturated carbocycles. The lowest BCUT2D eigenvalue weighted by Gasteiger charge is -2.48. The lowest BCUT2D eigenvalue weighted by molar-refractivity contribution is 0.00703. The number of aliphatic hydroxyl groups is 4. The zero-order chi connectivity index (χ0) is 60.9. The van der Waals surface area contributed by atoms with Crippen LogP contribution in [0.5, 0.6) is 23.0 Å². The number of rotatable bonds is 18. The first-order chi connectivity index (χ1) is 41.8. The molecule has 0 saturated heterocycles. The predicted octanol–water partition coefficient (Wildman–Crippen LogP) is 18.3. The Morgan fingerprint density at radius 3 is 1.21 bits per heavy atom. The van der Waals surface area contributed by atoms with Crippen molar-refractivity contribution < 1.29 is 40.1 Å². The average molecular weight is 1160 g/mol. The van der Waals surface area contributed by atoms with Gasteiger partial charge in [-0.3, -0.25) is 0 Å². The van der Waals surface area contributed by atoms with Gasteiger partial charge in [0, 0.05) is 22.3 Å². The van der Waals surface area contributed by atoms with Gasteiger partial charge in [-0.25, -0.2) is 0 Å². The van der Waals surface area contributed by atoms with Crippen molar-refractivity contribution >= 4 is 64.6 Å². The minimum absolute atomic E-state index is 0.0119. The van der Waals surface area contributed by atoms with Crippen molar-refractivity contribution in [2.24, 2.45) is 0 Å². The Kier molecular flexibility index (Phi) is 14.5. The number of fused-ring (bicyclic) bond motifs is 3. The Hall–Kier alpha value is -8.24. The Morgan fingerprint density at radius 1 is 0.402 bits per heavy atom.